The van der Waals surface area contributed by atoms with Crippen molar-refractivity contribution in [2.75, 3.05) is 0 Å². The van der Waals surface area contributed by atoms with Crippen LogP contribution in [0.4, 0.5) is 4.39 Å². The molecule has 0 saturated carbocycles. The molecule has 3 rings (SSSR count). The molecule has 0 radical (unpaired) electrons. The van der Waals surface area contributed by atoms with Crippen LogP contribution in [0.2, 0.25) is 0 Å². The normalized spacial score (nSPS) is 10.8. The van der Waals surface area contributed by atoms with Gasteiger partial charge in [-0.05, 0) is 12.1 Å². The van der Waals surface area contributed by atoms with Crippen LogP contribution in [0.5, 0.6) is 0 Å². The first kappa shape index (κ1) is 8.96. The van der Waals surface area contributed by atoms with Gasteiger partial charge in [0.2, 0.25) is 0 Å². The fourth-order valence-electron chi connectivity index (χ4n) is 1.61. The summed E-state index contributed by atoms with van der Waals surface area (Å²) in [4.78, 5) is 11.7. The number of nitrogens with zero attached hydrogens (tertiary/aromatic N) is 4. The summed E-state index contributed by atoms with van der Waals surface area (Å²) >= 11 is 0. The Morgan fingerprint density at radius 3 is 2.88 bits per heavy atom. The number of hydrogen-bond acceptors (Lipinski definition) is 3. The number of fused-ring (bicyclic) bond motifs is 1. The van der Waals surface area contributed by atoms with Crippen molar-refractivity contribution in [1.82, 2.24) is 19.5 Å². The Hall–Kier alpha value is -2.30. The Labute approximate surface area is 90.4 Å². The third-order valence-electron chi connectivity index (χ3n) is 2.33. The molecule has 4 nitrogen and oxygen atoms in total. The Bertz CT molecular complexity index is 647. The van der Waals surface area contributed by atoms with E-state index in [1.54, 1.807) is 10.9 Å². The summed E-state index contributed by atoms with van der Waals surface area (Å²) in [5.41, 5.74) is 1.63. The van der Waals surface area contributed by atoms with Gasteiger partial charge in [0.05, 0.1) is 17.2 Å². The maximum absolute atomic E-state index is 13.5. The molecule has 3 aromatic rings. The fraction of sp³-hybridized carbons (Fsp3) is 0. The van der Waals surface area contributed by atoms with Crippen LogP contribution in [0.1, 0.15) is 0 Å². The Kier molecular flexibility index (Phi) is 1.89. The Morgan fingerprint density at radius 2 is 2.00 bits per heavy atom. The molecule has 0 aliphatic carbocycles. The van der Waals surface area contributed by atoms with Crippen LogP contribution >= 0.6 is 0 Å². The van der Waals surface area contributed by atoms with Crippen LogP contribution in [0, 0.1) is 5.82 Å². The van der Waals surface area contributed by atoms with Crippen molar-refractivity contribution in [3.8, 4) is 5.82 Å². The van der Waals surface area contributed by atoms with Crippen molar-refractivity contribution in [2.45, 2.75) is 0 Å². The summed E-state index contributed by atoms with van der Waals surface area (Å²) in [5, 5.41) is 0. The number of rotatable bonds is 1. The molecule has 78 valence electrons. The molecular formula is C11H7FN4. The van der Waals surface area contributed by atoms with E-state index < -0.39 is 5.82 Å². The topological polar surface area (TPSA) is 43.6 Å². The predicted molar refractivity (Wildman–Crippen MR) is 56.6 cm³/mol. The van der Waals surface area contributed by atoms with Gasteiger partial charge in [0.25, 0.3) is 0 Å². The lowest BCUT2D eigenvalue weighted by atomic mass is 10.3. The van der Waals surface area contributed by atoms with E-state index in [0.29, 0.717) is 0 Å². The average molecular weight is 214 g/mol. The molecule has 1 aromatic carbocycles. The van der Waals surface area contributed by atoms with Crippen LogP contribution < -0.4 is 0 Å². The molecule has 2 aromatic heterocycles. The van der Waals surface area contributed by atoms with Gasteiger partial charge in [-0.1, -0.05) is 12.1 Å². The molecule has 5 heteroatoms. The summed E-state index contributed by atoms with van der Waals surface area (Å²) < 4.78 is 15.1. The highest BCUT2D eigenvalue weighted by atomic mass is 19.1. The number of aromatic nitrogens is 4. The first-order valence-electron chi connectivity index (χ1n) is 4.74. The lowest BCUT2D eigenvalue weighted by molar-refractivity contribution is 0.603. The van der Waals surface area contributed by atoms with Gasteiger partial charge in [0.1, 0.15) is 12.7 Å². The number of imidazole rings is 1. The molecule has 0 unspecified atom stereocenters. The zero-order chi connectivity index (χ0) is 11.0. The van der Waals surface area contributed by atoms with Crippen LogP contribution in [-0.4, -0.2) is 19.5 Å². The Balaban J connectivity index is 2.31. The van der Waals surface area contributed by atoms with Gasteiger partial charge >= 0.3 is 0 Å². The van der Waals surface area contributed by atoms with Crippen molar-refractivity contribution in [1.29, 1.82) is 0 Å². The van der Waals surface area contributed by atoms with Gasteiger partial charge < -0.3 is 0 Å². The average Bonchev–Trinajstić information content (AvgIpc) is 2.74. The van der Waals surface area contributed by atoms with Gasteiger partial charge in [-0.3, -0.25) is 4.57 Å². The number of halogens is 1. The monoisotopic (exact) mass is 214 g/mol. The minimum Gasteiger partial charge on any atom is -0.280 e. The standard InChI is InChI=1S/C11H7FN4/c12-8-5-13-6-14-11(8)16-7-15-9-3-1-2-4-10(9)16/h1-7H. The van der Waals surface area contributed by atoms with Crippen molar-refractivity contribution >= 4 is 11.0 Å². The van der Waals surface area contributed by atoms with E-state index in [1.165, 1.54) is 6.33 Å². The highest BCUT2D eigenvalue weighted by Gasteiger charge is 2.09. The van der Waals surface area contributed by atoms with Crippen LogP contribution in [0.25, 0.3) is 16.9 Å². The molecule has 0 amide bonds. The van der Waals surface area contributed by atoms with Crippen molar-refractivity contribution < 1.29 is 4.39 Å². The van der Waals surface area contributed by atoms with E-state index in [0.717, 1.165) is 17.2 Å². The minimum atomic E-state index is -0.467. The summed E-state index contributed by atoms with van der Waals surface area (Å²) in [7, 11) is 0. The minimum absolute atomic E-state index is 0.212. The number of benzene rings is 1. The summed E-state index contributed by atoms with van der Waals surface area (Å²) in [6.45, 7) is 0. The van der Waals surface area contributed by atoms with Gasteiger partial charge in [-0.25, -0.2) is 19.3 Å². The molecule has 0 spiro atoms. The second-order valence-electron chi connectivity index (χ2n) is 3.30. The highest BCUT2D eigenvalue weighted by Crippen LogP contribution is 2.17. The quantitative estimate of drug-likeness (QED) is 0.621. The third kappa shape index (κ3) is 1.25. The van der Waals surface area contributed by atoms with Crippen molar-refractivity contribution in [3.05, 3.63) is 48.9 Å². The molecule has 0 aliphatic heterocycles. The van der Waals surface area contributed by atoms with E-state index in [-0.39, 0.29) is 5.82 Å². The predicted octanol–water partition coefficient (Wildman–Crippen LogP) is 1.95. The van der Waals surface area contributed by atoms with Gasteiger partial charge in [0, 0.05) is 0 Å². The van der Waals surface area contributed by atoms with E-state index in [9.17, 15) is 4.39 Å². The van der Waals surface area contributed by atoms with Crippen LogP contribution in [0.3, 0.4) is 0 Å². The van der Waals surface area contributed by atoms with Gasteiger partial charge in [-0.15, -0.1) is 0 Å². The first-order valence-corrected chi connectivity index (χ1v) is 4.74. The molecule has 0 aliphatic rings. The molecule has 16 heavy (non-hydrogen) atoms. The van der Waals surface area contributed by atoms with Crippen LogP contribution in [0.15, 0.2) is 43.1 Å². The molecule has 0 fully saturated rings. The van der Waals surface area contributed by atoms with E-state index in [2.05, 4.69) is 15.0 Å². The lowest BCUT2D eigenvalue weighted by Gasteiger charge is -2.02. The molecule has 0 N–H and O–H groups in total. The fourth-order valence-corrected chi connectivity index (χ4v) is 1.61. The maximum Gasteiger partial charge on any atom is 0.184 e. The Morgan fingerprint density at radius 1 is 1.12 bits per heavy atom. The molecule has 2 heterocycles. The molecule has 0 atom stereocenters. The second-order valence-corrected chi connectivity index (χ2v) is 3.30. The lowest BCUT2D eigenvalue weighted by Crippen LogP contribution is -1.99. The smallest absolute Gasteiger partial charge is 0.184 e. The zero-order valence-electron chi connectivity index (χ0n) is 8.21. The highest BCUT2D eigenvalue weighted by molar-refractivity contribution is 5.76. The van der Waals surface area contributed by atoms with Crippen molar-refractivity contribution in [2.24, 2.45) is 0 Å². The molecule has 0 bridgehead atoms. The van der Waals surface area contributed by atoms with Crippen LogP contribution in [-0.2, 0) is 0 Å². The summed E-state index contributed by atoms with van der Waals surface area (Å²) in [5.74, 6) is -0.255. The summed E-state index contributed by atoms with van der Waals surface area (Å²) in [6, 6.07) is 7.49. The summed E-state index contributed by atoms with van der Waals surface area (Å²) in [6.07, 6.45) is 4.00. The SMILES string of the molecule is Fc1cncnc1-n1cnc2ccccc21. The van der Waals surface area contributed by atoms with E-state index in [1.807, 2.05) is 24.3 Å². The molecule has 0 saturated heterocycles. The zero-order valence-corrected chi connectivity index (χ0v) is 8.21. The molecular weight excluding hydrogens is 207 g/mol. The number of para-hydroxylation sites is 2. The van der Waals surface area contributed by atoms with Crippen molar-refractivity contribution in [3.63, 3.8) is 0 Å². The van der Waals surface area contributed by atoms with Gasteiger partial charge in [0.15, 0.2) is 11.6 Å². The third-order valence-corrected chi connectivity index (χ3v) is 2.33. The van der Waals surface area contributed by atoms with E-state index >= 15 is 0 Å². The van der Waals surface area contributed by atoms with E-state index in [4.69, 9.17) is 0 Å². The van der Waals surface area contributed by atoms with Gasteiger partial charge in [-0.2, -0.15) is 0 Å². The second kappa shape index (κ2) is 3.37. The number of hydrogen-bond donors (Lipinski definition) is 0. The maximum atomic E-state index is 13.5. The largest absolute Gasteiger partial charge is 0.280 e. The first-order chi connectivity index (χ1) is 7.86.